The van der Waals surface area contributed by atoms with Gasteiger partial charge in [0.2, 0.25) is 0 Å². The van der Waals surface area contributed by atoms with Gasteiger partial charge in [0.05, 0.1) is 10.6 Å². The third kappa shape index (κ3) is 5.22. The standard InChI is InChI=1S/C25H26BrNO4S/c1-17(2)22-15-23(26)19(4)14-24(22)31-16-25(28)27(20-8-6-5-7-9-20)32(29,30)21-12-10-18(3)11-13-21/h5-15,17H,16H2,1-4H3. The fraction of sp³-hybridized carbons (Fsp3) is 0.240. The maximum atomic E-state index is 13.4. The van der Waals surface area contributed by atoms with Crippen molar-refractivity contribution in [1.82, 2.24) is 0 Å². The van der Waals surface area contributed by atoms with Crippen molar-refractivity contribution >= 4 is 37.5 Å². The third-order valence-electron chi connectivity index (χ3n) is 5.04. The molecule has 0 aromatic heterocycles. The molecule has 0 unspecified atom stereocenters. The normalized spacial score (nSPS) is 11.4. The molecule has 0 radical (unpaired) electrons. The van der Waals surface area contributed by atoms with Gasteiger partial charge in [-0.2, -0.15) is 4.31 Å². The molecule has 0 fully saturated rings. The zero-order valence-corrected chi connectivity index (χ0v) is 20.9. The summed E-state index contributed by atoms with van der Waals surface area (Å²) in [6, 6.07) is 18.6. The van der Waals surface area contributed by atoms with Crippen molar-refractivity contribution in [2.45, 2.75) is 38.5 Å². The van der Waals surface area contributed by atoms with Gasteiger partial charge in [0, 0.05) is 4.47 Å². The maximum Gasteiger partial charge on any atom is 0.278 e. The Labute approximate surface area is 198 Å². The van der Waals surface area contributed by atoms with Crippen molar-refractivity contribution in [3.63, 3.8) is 0 Å². The van der Waals surface area contributed by atoms with Gasteiger partial charge in [0.25, 0.3) is 15.9 Å². The first-order valence-corrected chi connectivity index (χ1v) is 12.5. The number of halogens is 1. The molecule has 0 heterocycles. The molecule has 0 aliphatic rings. The van der Waals surface area contributed by atoms with Crippen LogP contribution in [0.5, 0.6) is 5.75 Å². The predicted octanol–water partition coefficient (Wildman–Crippen LogP) is 5.99. The van der Waals surface area contributed by atoms with E-state index in [1.54, 1.807) is 42.5 Å². The highest BCUT2D eigenvalue weighted by Crippen LogP contribution is 2.32. The van der Waals surface area contributed by atoms with Crippen molar-refractivity contribution in [2.24, 2.45) is 0 Å². The predicted molar refractivity (Wildman–Crippen MR) is 131 cm³/mol. The van der Waals surface area contributed by atoms with Crippen molar-refractivity contribution in [1.29, 1.82) is 0 Å². The number of benzene rings is 3. The Kier molecular flexibility index (Phi) is 7.41. The molecular formula is C25H26BrNO4S. The number of carbonyl (C=O) groups is 1. The Hall–Kier alpha value is -2.64. The molecule has 7 heteroatoms. The summed E-state index contributed by atoms with van der Waals surface area (Å²) in [6.45, 7) is 7.45. The molecule has 3 aromatic rings. The Morgan fingerprint density at radius 3 is 2.22 bits per heavy atom. The van der Waals surface area contributed by atoms with E-state index >= 15 is 0 Å². The second kappa shape index (κ2) is 9.88. The molecule has 0 bridgehead atoms. The molecule has 0 saturated heterocycles. The second-order valence-electron chi connectivity index (χ2n) is 7.89. The molecule has 3 aromatic carbocycles. The van der Waals surface area contributed by atoms with E-state index < -0.39 is 22.5 Å². The quantitative estimate of drug-likeness (QED) is 0.387. The molecular weight excluding hydrogens is 490 g/mol. The lowest BCUT2D eigenvalue weighted by atomic mass is 10.0. The Bertz CT molecular complexity index is 1210. The minimum absolute atomic E-state index is 0.0441. The van der Waals surface area contributed by atoms with E-state index in [2.05, 4.69) is 15.9 Å². The van der Waals surface area contributed by atoms with E-state index in [0.717, 1.165) is 25.5 Å². The van der Waals surface area contributed by atoms with Crippen molar-refractivity contribution in [3.05, 3.63) is 87.9 Å². The largest absolute Gasteiger partial charge is 0.483 e. The summed E-state index contributed by atoms with van der Waals surface area (Å²) < 4.78 is 34.5. The summed E-state index contributed by atoms with van der Waals surface area (Å²) in [5, 5.41) is 0. The summed E-state index contributed by atoms with van der Waals surface area (Å²) in [5.41, 5.74) is 3.08. The van der Waals surface area contributed by atoms with Crippen LogP contribution in [-0.2, 0) is 14.8 Å². The van der Waals surface area contributed by atoms with Crippen LogP contribution in [-0.4, -0.2) is 20.9 Å². The number of amides is 1. The number of nitrogens with zero attached hydrogens (tertiary/aromatic N) is 1. The smallest absolute Gasteiger partial charge is 0.278 e. The molecule has 5 nitrogen and oxygen atoms in total. The second-order valence-corrected chi connectivity index (χ2v) is 10.5. The highest BCUT2D eigenvalue weighted by molar-refractivity contribution is 9.10. The van der Waals surface area contributed by atoms with E-state index in [4.69, 9.17) is 4.74 Å². The van der Waals surface area contributed by atoms with Crippen molar-refractivity contribution < 1.29 is 17.9 Å². The number of rotatable bonds is 7. The number of hydrogen-bond acceptors (Lipinski definition) is 4. The van der Waals surface area contributed by atoms with E-state index in [1.165, 1.54) is 12.1 Å². The summed E-state index contributed by atoms with van der Waals surface area (Å²) >= 11 is 3.53. The number of anilines is 1. The molecule has 0 atom stereocenters. The molecule has 0 spiro atoms. The van der Waals surface area contributed by atoms with Gasteiger partial charge in [-0.1, -0.05) is 65.7 Å². The molecule has 168 valence electrons. The number of ether oxygens (including phenoxy) is 1. The third-order valence-corrected chi connectivity index (χ3v) is 7.66. The molecule has 0 saturated carbocycles. The van der Waals surface area contributed by atoms with Crippen LogP contribution in [0.4, 0.5) is 5.69 Å². The lowest BCUT2D eigenvalue weighted by molar-refractivity contribution is -0.119. The minimum atomic E-state index is -4.12. The number of para-hydroxylation sites is 1. The van der Waals surface area contributed by atoms with Gasteiger partial charge >= 0.3 is 0 Å². The molecule has 32 heavy (non-hydrogen) atoms. The minimum Gasteiger partial charge on any atom is -0.483 e. The number of sulfonamides is 1. The summed E-state index contributed by atoms with van der Waals surface area (Å²) in [7, 11) is -4.12. The Morgan fingerprint density at radius 1 is 1.00 bits per heavy atom. The van der Waals surface area contributed by atoms with Crippen LogP contribution in [0.2, 0.25) is 0 Å². The lowest BCUT2D eigenvalue weighted by Crippen LogP contribution is -2.40. The van der Waals surface area contributed by atoms with E-state index in [-0.39, 0.29) is 16.5 Å². The maximum absolute atomic E-state index is 13.4. The zero-order chi connectivity index (χ0) is 23.5. The van der Waals surface area contributed by atoms with Crippen LogP contribution < -0.4 is 9.04 Å². The average Bonchev–Trinajstić information content (AvgIpc) is 2.75. The van der Waals surface area contributed by atoms with Crippen LogP contribution in [0, 0.1) is 13.8 Å². The lowest BCUT2D eigenvalue weighted by Gasteiger charge is -2.23. The van der Waals surface area contributed by atoms with Crippen molar-refractivity contribution in [3.8, 4) is 5.75 Å². The monoisotopic (exact) mass is 515 g/mol. The fourth-order valence-electron chi connectivity index (χ4n) is 3.24. The van der Waals surface area contributed by atoms with Gasteiger partial charge in [0.15, 0.2) is 6.61 Å². The summed E-state index contributed by atoms with van der Waals surface area (Å²) in [5.74, 6) is 0.0559. The number of hydrogen-bond donors (Lipinski definition) is 0. The van der Waals surface area contributed by atoms with Crippen LogP contribution >= 0.6 is 15.9 Å². The van der Waals surface area contributed by atoms with Crippen LogP contribution in [0.3, 0.4) is 0 Å². The first kappa shape index (κ1) is 24.0. The van der Waals surface area contributed by atoms with Crippen LogP contribution in [0.1, 0.15) is 36.5 Å². The van der Waals surface area contributed by atoms with Gasteiger partial charge in [-0.25, -0.2) is 8.42 Å². The number of aryl methyl sites for hydroxylation is 2. The summed E-state index contributed by atoms with van der Waals surface area (Å²) in [4.78, 5) is 13.3. The first-order chi connectivity index (χ1) is 15.1. The van der Waals surface area contributed by atoms with Gasteiger partial charge in [0.1, 0.15) is 5.75 Å². The van der Waals surface area contributed by atoms with Crippen LogP contribution in [0.25, 0.3) is 0 Å². The first-order valence-electron chi connectivity index (χ1n) is 10.2. The highest BCUT2D eigenvalue weighted by atomic mass is 79.9. The van der Waals surface area contributed by atoms with E-state index in [1.807, 2.05) is 39.8 Å². The topological polar surface area (TPSA) is 63.7 Å². The fourth-order valence-corrected chi connectivity index (χ4v) is 5.01. The Morgan fingerprint density at radius 2 is 1.62 bits per heavy atom. The molecule has 1 amide bonds. The van der Waals surface area contributed by atoms with Gasteiger partial charge < -0.3 is 4.74 Å². The van der Waals surface area contributed by atoms with E-state index in [0.29, 0.717) is 5.75 Å². The SMILES string of the molecule is Cc1ccc(S(=O)(=O)N(C(=O)COc2cc(C)c(Br)cc2C(C)C)c2ccccc2)cc1. The van der Waals surface area contributed by atoms with Crippen molar-refractivity contribution in [2.75, 3.05) is 10.9 Å². The molecule has 3 rings (SSSR count). The van der Waals surface area contributed by atoms with E-state index in [9.17, 15) is 13.2 Å². The average molecular weight is 516 g/mol. The zero-order valence-electron chi connectivity index (χ0n) is 18.5. The summed E-state index contributed by atoms with van der Waals surface area (Å²) in [6.07, 6.45) is 0. The Balaban J connectivity index is 1.96. The highest BCUT2D eigenvalue weighted by Gasteiger charge is 2.31. The molecule has 0 aliphatic heterocycles. The van der Waals surface area contributed by atoms with Gasteiger partial charge in [-0.15, -0.1) is 0 Å². The molecule has 0 aliphatic carbocycles. The van der Waals surface area contributed by atoms with Gasteiger partial charge in [-0.05, 0) is 67.3 Å². The molecule has 0 N–H and O–H groups in total. The van der Waals surface area contributed by atoms with Gasteiger partial charge in [-0.3, -0.25) is 4.79 Å². The van der Waals surface area contributed by atoms with Crippen LogP contribution in [0.15, 0.2) is 76.1 Å². The number of carbonyl (C=O) groups excluding carboxylic acids is 1.